The molecular weight excluding hydrogens is 304 g/mol. The van der Waals surface area contributed by atoms with Gasteiger partial charge in [-0.25, -0.2) is 0 Å². The molecule has 5 heteroatoms. The van der Waals surface area contributed by atoms with Crippen LogP contribution in [0.3, 0.4) is 0 Å². The van der Waals surface area contributed by atoms with E-state index < -0.39 is 0 Å². The molecular formula is C19H26N2O3. The zero-order valence-electron chi connectivity index (χ0n) is 14.4. The van der Waals surface area contributed by atoms with Gasteiger partial charge in [-0.1, -0.05) is 12.1 Å². The van der Waals surface area contributed by atoms with Gasteiger partial charge in [-0.05, 0) is 50.3 Å². The molecule has 2 aliphatic heterocycles. The molecule has 24 heavy (non-hydrogen) atoms. The lowest BCUT2D eigenvalue weighted by Crippen LogP contribution is -2.46. The average Bonchev–Trinajstić information content (AvgIpc) is 3.14. The number of rotatable bonds is 4. The second-order valence-corrected chi connectivity index (χ2v) is 6.77. The number of hydrogen-bond donors (Lipinski definition) is 0. The monoisotopic (exact) mass is 330 g/mol. The fraction of sp³-hybridized carbons (Fsp3) is 0.579. The quantitative estimate of drug-likeness (QED) is 0.852. The van der Waals surface area contributed by atoms with E-state index in [4.69, 9.17) is 4.74 Å². The van der Waals surface area contributed by atoms with Gasteiger partial charge < -0.3 is 14.5 Å². The Hall–Kier alpha value is -1.88. The molecule has 0 aromatic heterocycles. The third kappa shape index (κ3) is 3.96. The average molecular weight is 330 g/mol. The van der Waals surface area contributed by atoms with Crippen molar-refractivity contribution in [3.8, 4) is 0 Å². The van der Waals surface area contributed by atoms with Crippen LogP contribution >= 0.6 is 0 Å². The highest BCUT2D eigenvalue weighted by Crippen LogP contribution is 2.23. The molecule has 2 saturated heterocycles. The Morgan fingerprint density at radius 2 is 2.04 bits per heavy atom. The summed E-state index contributed by atoms with van der Waals surface area (Å²) in [6.45, 7) is 4.82. The number of nitrogens with zero attached hydrogens (tertiary/aromatic N) is 2. The minimum Gasteiger partial charge on any atom is -0.381 e. The highest BCUT2D eigenvalue weighted by atomic mass is 16.5. The zero-order valence-corrected chi connectivity index (χ0v) is 14.4. The Balaban J connectivity index is 1.78. The molecule has 0 saturated carbocycles. The van der Waals surface area contributed by atoms with Crippen LogP contribution in [0.15, 0.2) is 24.3 Å². The molecule has 0 N–H and O–H groups in total. The van der Waals surface area contributed by atoms with Gasteiger partial charge in [-0.2, -0.15) is 0 Å². The van der Waals surface area contributed by atoms with Crippen LogP contribution in [0, 0.1) is 12.8 Å². The molecule has 1 aromatic carbocycles. The van der Waals surface area contributed by atoms with Gasteiger partial charge in [-0.15, -0.1) is 0 Å². The van der Waals surface area contributed by atoms with Crippen molar-refractivity contribution in [3.63, 3.8) is 0 Å². The first kappa shape index (κ1) is 17.0. The summed E-state index contributed by atoms with van der Waals surface area (Å²) in [5.74, 6) is -0.0911. The number of hydrogen-bond acceptors (Lipinski definition) is 3. The van der Waals surface area contributed by atoms with E-state index in [9.17, 15) is 9.59 Å². The number of aryl methyl sites for hydroxylation is 1. The summed E-state index contributed by atoms with van der Waals surface area (Å²) in [7, 11) is 0. The fourth-order valence-electron chi connectivity index (χ4n) is 3.42. The molecule has 1 aromatic rings. The second kappa shape index (κ2) is 7.79. The van der Waals surface area contributed by atoms with E-state index in [-0.39, 0.29) is 24.3 Å². The first-order chi connectivity index (χ1) is 11.6. The minimum atomic E-state index is -0.139. The number of benzene rings is 1. The molecule has 0 radical (unpaired) electrons. The Bertz CT molecular complexity index is 590. The van der Waals surface area contributed by atoms with Crippen molar-refractivity contribution in [1.29, 1.82) is 0 Å². The first-order valence-electron chi connectivity index (χ1n) is 8.89. The van der Waals surface area contributed by atoms with Crippen molar-refractivity contribution in [3.05, 3.63) is 29.8 Å². The normalized spacial score (nSPS) is 20.9. The zero-order chi connectivity index (χ0) is 16.9. The maximum Gasteiger partial charge on any atom is 0.242 e. The summed E-state index contributed by atoms with van der Waals surface area (Å²) in [6.07, 6.45) is 4.03. The van der Waals surface area contributed by atoms with Crippen molar-refractivity contribution in [2.45, 2.75) is 32.6 Å². The van der Waals surface area contributed by atoms with E-state index in [2.05, 4.69) is 0 Å². The summed E-state index contributed by atoms with van der Waals surface area (Å²) < 4.78 is 5.37. The molecule has 0 aliphatic carbocycles. The summed E-state index contributed by atoms with van der Waals surface area (Å²) in [5, 5.41) is 0. The molecule has 0 spiro atoms. The van der Waals surface area contributed by atoms with Gasteiger partial charge in [0.1, 0.15) is 6.54 Å². The second-order valence-electron chi connectivity index (χ2n) is 6.77. The van der Waals surface area contributed by atoms with Crippen LogP contribution in [0.2, 0.25) is 0 Å². The first-order valence-corrected chi connectivity index (χ1v) is 8.89. The van der Waals surface area contributed by atoms with E-state index in [1.165, 1.54) is 6.42 Å². The van der Waals surface area contributed by atoms with Crippen molar-refractivity contribution in [2.24, 2.45) is 5.92 Å². The van der Waals surface area contributed by atoms with Crippen molar-refractivity contribution >= 4 is 17.5 Å². The Morgan fingerprint density at radius 1 is 1.25 bits per heavy atom. The smallest absolute Gasteiger partial charge is 0.242 e. The summed E-state index contributed by atoms with van der Waals surface area (Å²) in [6, 6.07) is 7.81. The number of piperidine rings is 1. The summed E-state index contributed by atoms with van der Waals surface area (Å²) in [5.41, 5.74) is 1.88. The largest absolute Gasteiger partial charge is 0.381 e. The van der Waals surface area contributed by atoms with Gasteiger partial charge in [0.15, 0.2) is 0 Å². The van der Waals surface area contributed by atoms with E-state index in [0.29, 0.717) is 13.2 Å². The molecule has 0 bridgehead atoms. The van der Waals surface area contributed by atoms with Gasteiger partial charge in [0, 0.05) is 25.4 Å². The van der Waals surface area contributed by atoms with Crippen molar-refractivity contribution in [2.75, 3.05) is 37.7 Å². The highest BCUT2D eigenvalue weighted by Gasteiger charge is 2.31. The summed E-state index contributed by atoms with van der Waals surface area (Å²) >= 11 is 0. The van der Waals surface area contributed by atoms with Crippen LogP contribution < -0.4 is 4.90 Å². The lowest BCUT2D eigenvalue weighted by molar-refractivity contribution is -0.132. The van der Waals surface area contributed by atoms with E-state index in [1.54, 1.807) is 4.90 Å². The third-order valence-corrected chi connectivity index (χ3v) is 4.86. The van der Waals surface area contributed by atoms with Crippen molar-refractivity contribution in [1.82, 2.24) is 4.90 Å². The predicted octanol–water partition coefficient (Wildman–Crippen LogP) is 2.38. The Kier molecular flexibility index (Phi) is 5.51. The van der Waals surface area contributed by atoms with Crippen LogP contribution in [-0.4, -0.2) is 49.6 Å². The SMILES string of the molecule is Cc1cccc(N(CC(=O)N2CCCCC2)C(=O)[C@H]2CCOC2)c1. The Morgan fingerprint density at radius 3 is 2.71 bits per heavy atom. The maximum absolute atomic E-state index is 13.0. The Labute approximate surface area is 143 Å². The van der Waals surface area contributed by atoms with Crippen LogP contribution in [0.25, 0.3) is 0 Å². The lowest BCUT2D eigenvalue weighted by atomic mass is 10.1. The number of carbonyl (C=O) groups is 2. The number of carbonyl (C=O) groups excluding carboxylic acids is 2. The number of likely N-dealkylation sites (tertiary alicyclic amines) is 1. The van der Waals surface area contributed by atoms with Gasteiger partial charge >= 0.3 is 0 Å². The molecule has 1 atom stereocenters. The molecule has 2 aliphatic rings. The van der Waals surface area contributed by atoms with Crippen LogP contribution in [-0.2, 0) is 14.3 Å². The van der Waals surface area contributed by atoms with Gasteiger partial charge in [0.2, 0.25) is 11.8 Å². The highest BCUT2D eigenvalue weighted by molar-refractivity contribution is 6.00. The predicted molar refractivity (Wildman–Crippen MR) is 92.9 cm³/mol. The molecule has 5 nitrogen and oxygen atoms in total. The lowest BCUT2D eigenvalue weighted by Gasteiger charge is -2.31. The van der Waals surface area contributed by atoms with Gasteiger partial charge in [-0.3, -0.25) is 9.59 Å². The van der Waals surface area contributed by atoms with Crippen LogP contribution in [0.1, 0.15) is 31.2 Å². The summed E-state index contributed by atoms with van der Waals surface area (Å²) in [4.78, 5) is 29.2. The standard InChI is InChI=1S/C19H26N2O3/c1-15-6-5-7-17(12-15)21(19(23)16-8-11-24-14-16)13-18(22)20-9-3-2-4-10-20/h5-7,12,16H,2-4,8-11,13-14H2,1H3/t16-/m0/s1. The fourth-order valence-corrected chi connectivity index (χ4v) is 3.42. The van der Waals surface area contributed by atoms with E-state index in [0.717, 1.165) is 43.6 Å². The van der Waals surface area contributed by atoms with Crippen molar-refractivity contribution < 1.29 is 14.3 Å². The topological polar surface area (TPSA) is 49.9 Å². The van der Waals surface area contributed by atoms with Crippen LogP contribution in [0.5, 0.6) is 0 Å². The molecule has 2 fully saturated rings. The maximum atomic E-state index is 13.0. The van der Waals surface area contributed by atoms with Gasteiger partial charge in [0.25, 0.3) is 0 Å². The van der Waals surface area contributed by atoms with Crippen LogP contribution in [0.4, 0.5) is 5.69 Å². The number of ether oxygens (including phenoxy) is 1. The number of amides is 2. The minimum absolute atomic E-state index is 0.00320. The van der Waals surface area contributed by atoms with E-state index in [1.807, 2.05) is 36.1 Å². The molecule has 0 unspecified atom stereocenters. The molecule has 3 rings (SSSR count). The number of anilines is 1. The van der Waals surface area contributed by atoms with E-state index >= 15 is 0 Å². The van der Waals surface area contributed by atoms with Gasteiger partial charge in [0.05, 0.1) is 12.5 Å². The third-order valence-electron chi connectivity index (χ3n) is 4.86. The molecule has 2 amide bonds. The molecule has 2 heterocycles. The molecule has 130 valence electrons.